The number of hydrogen-bond acceptors (Lipinski definition) is 8. The minimum atomic E-state index is -1.67. The highest BCUT2D eigenvalue weighted by atomic mass is 35.5. The van der Waals surface area contributed by atoms with Crippen LogP contribution in [-0.4, -0.2) is 50.1 Å². The maximum atomic E-state index is 14.7. The zero-order valence-corrected chi connectivity index (χ0v) is 28.7. The van der Waals surface area contributed by atoms with Crippen LogP contribution in [0.4, 0.5) is 0 Å². The smallest absolute Gasteiger partial charge is 0.375 e. The average molecular weight is 665 g/mol. The topological polar surface area (TPSA) is 111 Å². The van der Waals surface area contributed by atoms with Gasteiger partial charge in [0.15, 0.2) is 17.2 Å². The number of allylic oxidation sites excluding steroid dienone is 4. The number of fused-ring (bicyclic) bond motifs is 5. The third-order valence-corrected chi connectivity index (χ3v) is 13.6. The number of carbonyl (C=O) groups is 4. The van der Waals surface area contributed by atoms with Gasteiger partial charge in [0.25, 0.3) is 0 Å². The maximum Gasteiger partial charge on any atom is 0.375 e. The van der Waals surface area contributed by atoms with Gasteiger partial charge in [-0.05, 0) is 93.7 Å². The summed E-state index contributed by atoms with van der Waals surface area (Å²) in [6, 6.07) is 6.98. The van der Waals surface area contributed by atoms with Gasteiger partial charge in [-0.25, -0.2) is 4.79 Å². The number of thioether (sulfide) groups is 1. The molecule has 9 heteroatoms. The minimum absolute atomic E-state index is 0.0292. The number of alkyl halides is 1. The molecule has 0 saturated heterocycles. The van der Waals surface area contributed by atoms with E-state index in [1.54, 1.807) is 12.1 Å². The average Bonchev–Trinajstić information content (AvgIpc) is 3.59. The number of esters is 1. The van der Waals surface area contributed by atoms with Gasteiger partial charge in [0.05, 0.1) is 23.0 Å². The summed E-state index contributed by atoms with van der Waals surface area (Å²) >= 11 is 8.50. The number of aliphatic hydroxyl groups is 1. The summed E-state index contributed by atoms with van der Waals surface area (Å²) in [4.78, 5) is 53.1. The molecule has 1 N–H and O–H groups in total. The zero-order chi connectivity index (χ0) is 33.4. The van der Waals surface area contributed by atoms with Crippen LogP contribution in [0, 0.1) is 49.4 Å². The van der Waals surface area contributed by atoms with E-state index < -0.39 is 44.4 Å². The Morgan fingerprint density at radius 3 is 2.48 bits per heavy atom. The van der Waals surface area contributed by atoms with E-state index in [0.717, 1.165) is 34.0 Å². The molecule has 4 aliphatic rings. The number of aryl methyl sites for hydroxylation is 3. The van der Waals surface area contributed by atoms with Crippen LogP contribution < -0.4 is 0 Å². The summed E-state index contributed by atoms with van der Waals surface area (Å²) in [6.45, 7) is 11.6. The number of carbonyl (C=O) groups excluding carboxylic acids is 4. The molecule has 1 aromatic heterocycles. The molecule has 46 heavy (non-hydrogen) atoms. The number of ketones is 2. The van der Waals surface area contributed by atoms with Crippen molar-refractivity contribution in [3.63, 3.8) is 0 Å². The van der Waals surface area contributed by atoms with Crippen LogP contribution in [0.15, 0.2) is 58.7 Å². The predicted molar refractivity (Wildman–Crippen MR) is 177 cm³/mol. The minimum Gasteiger partial charge on any atom is -0.457 e. The Kier molecular flexibility index (Phi) is 8.13. The Bertz CT molecular complexity index is 1670. The summed E-state index contributed by atoms with van der Waals surface area (Å²) < 4.78 is 11.7. The zero-order valence-electron chi connectivity index (χ0n) is 27.1. The van der Waals surface area contributed by atoms with Crippen LogP contribution in [-0.2, 0) is 14.3 Å². The normalized spacial score (nSPS) is 36.3. The molecule has 7 nitrogen and oxygen atoms in total. The van der Waals surface area contributed by atoms with E-state index in [0.29, 0.717) is 24.8 Å². The van der Waals surface area contributed by atoms with E-state index in [1.165, 1.54) is 18.4 Å². The molecule has 8 atom stereocenters. The molecular formula is C37H41ClO7S. The molecule has 3 fully saturated rings. The van der Waals surface area contributed by atoms with Crippen molar-refractivity contribution in [1.82, 2.24) is 0 Å². The van der Waals surface area contributed by atoms with E-state index in [4.69, 9.17) is 20.8 Å². The summed E-state index contributed by atoms with van der Waals surface area (Å²) in [5, 5.41) is 11.7. The quantitative estimate of drug-likeness (QED) is 0.197. The lowest BCUT2D eigenvalue weighted by Crippen LogP contribution is -2.69. The highest BCUT2D eigenvalue weighted by molar-refractivity contribution is 8.14. The van der Waals surface area contributed by atoms with Gasteiger partial charge in [0.1, 0.15) is 0 Å². The fourth-order valence-electron chi connectivity index (χ4n) is 9.75. The fraction of sp³-hybridized carbons (Fsp3) is 0.514. The van der Waals surface area contributed by atoms with Crippen LogP contribution in [0.1, 0.15) is 84.1 Å². The van der Waals surface area contributed by atoms with Crippen molar-refractivity contribution in [2.75, 3.05) is 5.75 Å². The van der Waals surface area contributed by atoms with Crippen molar-refractivity contribution in [3.05, 3.63) is 82.3 Å². The number of halogens is 1. The Balaban J connectivity index is 1.39. The first kappa shape index (κ1) is 33.0. The highest BCUT2D eigenvalue weighted by Crippen LogP contribution is 2.72. The van der Waals surface area contributed by atoms with E-state index >= 15 is 0 Å². The molecule has 1 heterocycles. The molecule has 0 unspecified atom stereocenters. The molecule has 0 spiro atoms. The summed E-state index contributed by atoms with van der Waals surface area (Å²) in [6.07, 6.45) is 7.15. The van der Waals surface area contributed by atoms with Crippen molar-refractivity contribution in [3.8, 4) is 0 Å². The number of hydrogen-bond donors (Lipinski definition) is 1. The van der Waals surface area contributed by atoms with E-state index in [-0.39, 0.29) is 41.3 Å². The van der Waals surface area contributed by atoms with Crippen molar-refractivity contribution in [2.45, 2.75) is 83.8 Å². The molecule has 4 aliphatic carbocycles. The largest absolute Gasteiger partial charge is 0.457 e. The van der Waals surface area contributed by atoms with Crippen molar-refractivity contribution < 1.29 is 33.4 Å². The lowest BCUT2D eigenvalue weighted by atomic mass is 9.46. The molecule has 244 valence electrons. The third kappa shape index (κ3) is 4.57. The number of rotatable bonds is 6. The number of aliphatic hydroxyl groups excluding tert-OH is 1. The summed E-state index contributed by atoms with van der Waals surface area (Å²) in [5.74, 6) is -2.06. The molecule has 2 aromatic rings. The van der Waals surface area contributed by atoms with Gasteiger partial charge in [-0.3, -0.25) is 14.4 Å². The van der Waals surface area contributed by atoms with E-state index in [1.807, 2.05) is 59.8 Å². The summed E-state index contributed by atoms with van der Waals surface area (Å²) in [7, 11) is 0. The molecule has 0 aliphatic heterocycles. The molecule has 1 aromatic carbocycles. The number of benzene rings is 1. The number of Topliss-reactive ketones (excluding diaryl/α,β-unsaturated/α-hetero) is 1. The Hall–Kier alpha value is -2.94. The second-order valence-electron chi connectivity index (χ2n) is 14.3. The number of ether oxygens (including phenoxy) is 1. The van der Waals surface area contributed by atoms with Crippen molar-refractivity contribution in [1.29, 1.82) is 0 Å². The van der Waals surface area contributed by atoms with Gasteiger partial charge >= 0.3 is 5.97 Å². The second-order valence-corrected chi connectivity index (χ2v) is 15.9. The lowest BCUT2D eigenvalue weighted by molar-refractivity contribution is -0.172. The second kappa shape index (κ2) is 11.3. The molecular weight excluding hydrogens is 624 g/mol. The van der Waals surface area contributed by atoms with Crippen LogP contribution in [0.5, 0.6) is 0 Å². The standard InChI is InChI=1S/C37H41ClO7S/c1-20-14-21(2)31(22(3)15-20)28(40)19-46-33(43)37(45-32(42)29-8-7-13-44-29)23(4)16-27-26-10-9-24-17-25(39)11-12-34(24,5)36(26,38)30(41)18-35(27,37)6/h7-8,11-15,17,23,26-27,30,41H,9-10,16,18-19H2,1-6H3/t23-,26+,27+,30+,34+,35+,36+,37+/m1/s1. The molecule has 6 rings (SSSR count). The highest BCUT2D eigenvalue weighted by Gasteiger charge is 2.76. The first-order valence-electron chi connectivity index (χ1n) is 16.0. The Labute approximate surface area is 279 Å². The van der Waals surface area contributed by atoms with Gasteiger partial charge in [0.2, 0.25) is 10.9 Å². The maximum absolute atomic E-state index is 14.7. The predicted octanol–water partition coefficient (Wildman–Crippen LogP) is 7.13. The molecule has 0 bridgehead atoms. The fourth-order valence-corrected chi connectivity index (χ4v) is 11.4. The van der Waals surface area contributed by atoms with E-state index in [9.17, 15) is 24.3 Å². The van der Waals surface area contributed by atoms with Crippen LogP contribution in [0.2, 0.25) is 0 Å². The first-order valence-corrected chi connectivity index (χ1v) is 17.3. The SMILES string of the molecule is Cc1cc(C)c(C(=O)CSC(=O)[C@@]2(OC(=O)c3ccco3)[C@H](C)C[C@H]3[C@@H]4CCC5=CC(=O)C=C[C@]5(C)[C@@]4(Cl)[C@@H](O)C[C@@]32C)c(C)c1. The van der Waals surface area contributed by atoms with Gasteiger partial charge in [0, 0.05) is 22.3 Å². The molecule has 3 saturated carbocycles. The van der Waals surface area contributed by atoms with Gasteiger partial charge in [-0.2, -0.15) is 0 Å². The summed E-state index contributed by atoms with van der Waals surface area (Å²) in [5.41, 5.74) is 0.810. The van der Waals surface area contributed by atoms with Gasteiger partial charge in [-0.1, -0.05) is 61.9 Å². The van der Waals surface area contributed by atoms with Crippen molar-refractivity contribution >= 4 is 46.0 Å². The first-order chi connectivity index (χ1) is 21.6. The lowest BCUT2D eigenvalue weighted by Gasteiger charge is -2.64. The van der Waals surface area contributed by atoms with E-state index in [2.05, 4.69) is 0 Å². The monoisotopic (exact) mass is 664 g/mol. The van der Waals surface area contributed by atoms with Crippen LogP contribution in [0.25, 0.3) is 0 Å². The van der Waals surface area contributed by atoms with Crippen LogP contribution >= 0.6 is 23.4 Å². The van der Waals surface area contributed by atoms with Gasteiger partial charge in [-0.15, -0.1) is 11.6 Å². The Morgan fingerprint density at radius 2 is 1.83 bits per heavy atom. The molecule has 0 radical (unpaired) electrons. The number of furan rings is 1. The van der Waals surface area contributed by atoms with Gasteiger partial charge < -0.3 is 14.3 Å². The molecule has 0 amide bonds. The van der Waals surface area contributed by atoms with Crippen LogP contribution in [0.3, 0.4) is 0 Å². The van der Waals surface area contributed by atoms with Crippen molar-refractivity contribution in [2.24, 2.45) is 28.6 Å². The third-order valence-electron chi connectivity index (χ3n) is 11.8. The Morgan fingerprint density at radius 1 is 1.13 bits per heavy atom.